The second kappa shape index (κ2) is 3.23. The van der Waals surface area contributed by atoms with E-state index in [9.17, 15) is 4.79 Å². The molecule has 3 nitrogen and oxygen atoms in total. The highest BCUT2D eigenvalue weighted by molar-refractivity contribution is 9.10. The third-order valence-corrected chi connectivity index (χ3v) is 3.59. The molecule has 1 atom stereocenters. The summed E-state index contributed by atoms with van der Waals surface area (Å²) < 4.78 is 1.11. The zero-order valence-electron chi connectivity index (χ0n) is 8.16. The van der Waals surface area contributed by atoms with E-state index >= 15 is 0 Å². The molecule has 1 amide bonds. The van der Waals surface area contributed by atoms with E-state index in [2.05, 4.69) is 38.3 Å². The minimum Gasteiger partial charge on any atom is -0.357 e. The molecule has 1 aromatic carbocycles. The maximum absolute atomic E-state index is 11.3. The van der Waals surface area contributed by atoms with Crippen LogP contribution in [0.2, 0.25) is 0 Å². The summed E-state index contributed by atoms with van der Waals surface area (Å²) in [5, 5.41) is 2.91. The van der Waals surface area contributed by atoms with E-state index in [1.54, 1.807) is 0 Å². The van der Waals surface area contributed by atoms with Crippen LogP contribution in [0.15, 0.2) is 22.7 Å². The van der Waals surface area contributed by atoms with Crippen molar-refractivity contribution in [2.24, 2.45) is 0 Å². The molecule has 78 valence electrons. The zero-order chi connectivity index (χ0) is 10.4. The summed E-state index contributed by atoms with van der Waals surface area (Å²) in [5.41, 5.74) is 2.56. The standard InChI is InChI=1S/C11H11BrN2O/c12-8-1-2-10-7(3-8)4-9-5-13-11(15)6-14(9)10/h1-3,9H,4-6H2,(H,13,15). The minimum atomic E-state index is 0.127. The molecule has 4 heteroatoms. The smallest absolute Gasteiger partial charge is 0.239 e. The van der Waals surface area contributed by atoms with Crippen LogP contribution in [0.4, 0.5) is 5.69 Å². The Bertz CT molecular complexity index is 433. The molecule has 3 rings (SSSR count). The zero-order valence-corrected chi connectivity index (χ0v) is 9.75. The van der Waals surface area contributed by atoms with E-state index < -0.39 is 0 Å². The van der Waals surface area contributed by atoms with Crippen molar-refractivity contribution >= 4 is 27.5 Å². The number of hydrogen-bond donors (Lipinski definition) is 1. The topological polar surface area (TPSA) is 32.3 Å². The van der Waals surface area contributed by atoms with Crippen molar-refractivity contribution in [3.8, 4) is 0 Å². The van der Waals surface area contributed by atoms with Crippen LogP contribution in [0.25, 0.3) is 0 Å². The van der Waals surface area contributed by atoms with Crippen molar-refractivity contribution in [2.75, 3.05) is 18.0 Å². The Balaban J connectivity index is 2.00. The number of nitrogens with one attached hydrogen (secondary N) is 1. The van der Waals surface area contributed by atoms with Gasteiger partial charge in [0.2, 0.25) is 5.91 Å². The molecule has 1 fully saturated rings. The van der Waals surface area contributed by atoms with Crippen molar-refractivity contribution in [3.05, 3.63) is 28.2 Å². The fourth-order valence-electron chi connectivity index (χ4n) is 2.40. The molecule has 1 saturated heterocycles. The van der Waals surface area contributed by atoms with Gasteiger partial charge in [0.15, 0.2) is 0 Å². The largest absolute Gasteiger partial charge is 0.357 e. The van der Waals surface area contributed by atoms with Gasteiger partial charge in [-0.2, -0.15) is 0 Å². The summed E-state index contributed by atoms with van der Waals surface area (Å²) in [7, 11) is 0. The number of piperazine rings is 1. The predicted molar refractivity (Wildman–Crippen MR) is 62.0 cm³/mol. The molecule has 1 aromatic rings. The number of benzene rings is 1. The fourth-order valence-corrected chi connectivity index (χ4v) is 2.81. The third kappa shape index (κ3) is 1.44. The Hall–Kier alpha value is -1.03. The molecule has 2 aliphatic rings. The van der Waals surface area contributed by atoms with Gasteiger partial charge >= 0.3 is 0 Å². The predicted octanol–water partition coefficient (Wildman–Crippen LogP) is 1.31. The number of amides is 1. The lowest BCUT2D eigenvalue weighted by Crippen LogP contribution is -2.52. The molecule has 0 radical (unpaired) electrons. The molecule has 0 spiro atoms. The Morgan fingerprint density at radius 3 is 3.20 bits per heavy atom. The number of halogens is 1. The second-order valence-electron chi connectivity index (χ2n) is 4.06. The van der Waals surface area contributed by atoms with Gasteiger partial charge < -0.3 is 10.2 Å². The summed E-state index contributed by atoms with van der Waals surface area (Å²) in [5.74, 6) is 0.127. The van der Waals surface area contributed by atoms with Crippen LogP contribution in [0.3, 0.4) is 0 Å². The van der Waals surface area contributed by atoms with Gasteiger partial charge in [-0.25, -0.2) is 0 Å². The van der Waals surface area contributed by atoms with E-state index in [1.807, 2.05) is 6.07 Å². The van der Waals surface area contributed by atoms with Gasteiger partial charge in [0.05, 0.1) is 12.6 Å². The van der Waals surface area contributed by atoms with Gasteiger partial charge in [-0.1, -0.05) is 15.9 Å². The molecule has 2 aliphatic heterocycles. The average Bonchev–Trinajstić information content (AvgIpc) is 2.54. The first kappa shape index (κ1) is 9.21. The van der Waals surface area contributed by atoms with E-state index in [-0.39, 0.29) is 5.91 Å². The van der Waals surface area contributed by atoms with Gasteiger partial charge in [0.25, 0.3) is 0 Å². The van der Waals surface area contributed by atoms with Gasteiger partial charge in [-0.15, -0.1) is 0 Å². The van der Waals surface area contributed by atoms with Crippen LogP contribution in [0.5, 0.6) is 0 Å². The molecule has 0 saturated carbocycles. The van der Waals surface area contributed by atoms with Crippen LogP contribution in [-0.4, -0.2) is 25.0 Å². The van der Waals surface area contributed by atoms with Gasteiger partial charge in [0, 0.05) is 16.7 Å². The van der Waals surface area contributed by atoms with Crippen molar-refractivity contribution in [1.82, 2.24) is 5.32 Å². The second-order valence-corrected chi connectivity index (χ2v) is 4.98. The number of anilines is 1. The molecule has 15 heavy (non-hydrogen) atoms. The van der Waals surface area contributed by atoms with Crippen LogP contribution < -0.4 is 10.2 Å². The number of carbonyl (C=O) groups is 1. The van der Waals surface area contributed by atoms with Gasteiger partial charge in [0.1, 0.15) is 0 Å². The summed E-state index contributed by atoms with van der Waals surface area (Å²) in [4.78, 5) is 13.5. The SMILES string of the molecule is O=C1CN2c3ccc(Br)cc3CC2CN1. The highest BCUT2D eigenvalue weighted by Gasteiger charge is 2.33. The molecule has 2 heterocycles. The molecular weight excluding hydrogens is 256 g/mol. The number of carbonyl (C=O) groups excluding carboxylic acids is 1. The fraction of sp³-hybridized carbons (Fsp3) is 0.364. The van der Waals surface area contributed by atoms with E-state index in [0.29, 0.717) is 12.6 Å². The van der Waals surface area contributed by atoms with E-state index in [0.717, 1.165) is 17.4 Å². The quantitative estimate of drug-likeness (QED) is 0.768. The Kier molecular flexibility index (Phi) is 1.99. The van der Waals surface area contributed by atoms with E-state index in [4.69, 9.17) is 0 Å². The van der Waals surface area contributed by atoms with E-state index in [1.165, 1.54) is 11.3 Å². The first-order valence-corrected chi connectivity index (χ1v) is 5.85. The molecule has 0 aliphatic carbocycles. The Morgan fingerprint density at radius 2 is 2.33 bits per heavy atom. The van der Waals surface area contributed by atoms with Crippen LogP contribution in [-0.2, 0) is 11.2 Å². The first-order valence-electron chi connectivity index (χ1n) is 5.06. The van der Waals surface area contributed by atoms with Gasteiger partial charge in [-0.05, 0) is 30.2 Å². The molecule has 1 unspecified atom stereocenters. The highest BCUT2D eigenvalue weighted by atomic mass is 79.9. The molecule has 1 N–H and O–H groups in total. The van der Waals surface area contributed by atoms with Crippen molar-refractivity contribution in [2.45, 2.75) is 12.5 Å². The van der Waals surface area contributed by atoms with Crippen LogP contribution in [0, 0.1) is 0 Å². The number of nitrogens with zero attached hydrogens (tertiary/aromatic N) is 1. The minimum absolute atomic E-state index is 0.127. The monoisotopic (exact) mass is 266 g/mol. The summed E-state index contributed by atoms with van der Waals surface area (Å²) in [6.45, 7) is 1.27. The average molecular weight is 267 g/mol. The lowest BCUT2D eigenvalue weighted by Gasteiger charge is -2.31. The number of rotatable bonds is 0. The third-order valence-electron chi connectivity index (χ3n) is 3.10. The molecule has 0 bridgehead atoms. The van der Waals surface area contributed by atoms with Crippen molar-refractivity contribution < 1.29 is 4.79 Å². The van der Waals surface area contributed by atoms with Crippen molar-refractivity contribution in [1.29, 1.82) is 0 Å². The van der Waals surface area contributed by atoms with Crippen LogP contribution in [0.1, 0.15) is 5.56 Å². The first-order chi connectivity index (χ1) is 7.24. The Labute approximate surface area is 96.6 Å². The summed E-state index contributed by atoms with van der Waals surface area (Å²) in [6, 6.07) is 6.73. The normalized spacial score (nSPS) is 23.4. The Morgan fingerprint density at radius 1 is 1.47 bits per heavy atom. The lowest BCUT2D eigenvalue weighted by molar-refractivity contribution is -0.120. The summed E-state index contributed by atoms with van der Waals surface area (Å²) >= 11 is 3.47. The highest BCUT2D eigenvalue weighted by Crippen LogP contribution is 2.34. The number of fused-ring (bicyclic) bond motifs is 3. The van der Waals surface area contributed by atoms with Gasteiger partial charge in [-0.3, -0.25) is 4.79 Å². The number of hydrogen-bond acceptors (Lipinski definition) is 2. The maximum atomic E-state index is 11.3. The maximum Gasteiger partial charge on any atom is 0.239 e. The van der Waals surface area contributed by atoms with Crippen molar-refractivity contribution in [3.63, 3.8) is 0 Å². The summed E-state index contributed by atoms with van der Waals surface area (Å²) in [6.07, 6.45) is 1.04. The lowest BCUT2D eigenvalue weighted by atomic mass is 10.1. The van der Waals surface area contributed by atoms with Crippen LogP contribution >= 0.6 is 15.9 Å². The molecular formula is C11H11BrN2O. The molecule has 0 aromatic heterocycles.